The first-order valence-electron chi connectivity index (χ1n) is 18.4. The van der Waals surface area contributed by atoms with Gasteiger partial charge in [0.25, 0.3) is 0 Å². The van der Waals surface area contributed by atoms with E-state index in [2.05, 4.69) is 79.9 Å². The summed E-state index contributed by atoms with van der Waals surface area (Å²) in [6.07, 6.45) is 44.7. The molecule has 0 fully saturated rings. The standard InChI is InChI=1S/C40H67NO5/c1-3-5-7-9-11-13-15-16-18-20-22-27-31-35-40(45)46-37(32-28-24-21-19-17-14-12-10-8-6-4-2)33-29-25-23-26-30-34-38(42)41-36-39(43)44/h5,7,11-14,16,18-19,21,37H,3-4,6,8-10,15,17,20,22-36H2,1-2H3,(H,41,42)(H,43,44)/b7-5-,13-11-,14-12-,18-16-,21-19-. The van der Waals surface area contributed by atoms with Gasteiger partial charge in [0.15, 0.2) is 0 Å². The van der Waals surface area contributed by atoms with E-state index >= 15 is 0 Å². The molecule has 0 aliphatic heterocycles. The maximum atomic E-state index is 12.6. The van der Waals surface area contributed by atoms with Gasteiger partial charge in [-0.15, -0.1) is 0 Å². The van der Waals surface area contributed by atoms with Crippen molar-refractivity contribution in [2.75, 3.05) is 6.54 Å². The molecule has 0 bridgehead atoms. The number of carbonyl (C=O) groups excluding carboxylic acids is 2. The number of carbonyl (C=O) groups is 3. The van der Waals surface area contributed by atoms with Crippen LogP contribution < -0.4 is 5.32 Å². The predicted octanol–water partition coefficient (Wildman–Crippen LogP) is 10.9. The van der Waals surface area contributed by atoms with Crippen molar-refractivity contribution in [1.29, 1.82) is 0 Å². The second-order valence-corrected chi connectivity index (χ2v) is 12.1. The highest BCUT2D eigenvalue weighted by Gasteiger charge is 2.14. The third-order valence-electron chi connectivity index (χ3n) is 7.67. The number of nitrogens with one attached hydrogen (secondary N) is 1. The van der Waals surface area contributed by atoms with E-state index in [1.165, 1.54) is 25.7 Å². The van der Waals surface area contributed by atoms with Crippen LogP contribution >= 0.6 is 0 Å². The van der Waals surface area contributed by atoms with Crippen LogP contribution in [0.15, 0.2) is 60.8 Å². The molecule has 0 aromatic heterocycles. The van der Waals surface area contributed by atoms with Crippen molar-refractivity contribution >= 4 is 17.8 Å². The molecular formula is C40H67NO5. The Morgan fingerprint density at radius 3 is 1.72 bits per heavy atom. The topological polar surface area (TPSA) is 92.7 Å². The molecule has 0 aromatic rings. The molecule has 0 aromatic carbocycles. The summed E-state index contributed by atoms with van der Waals surface area (Å²) >= 11 is 0. The second kappa shape index (κ2) is 35.0. The van der Waals surface area contributed by atoms with Crippen molar-refractivity contribution in [3.8, 4) is 0 Å². The summed E-state index contributed by atoms with van der Waals surface area (Å²) < 4.78 is 5.95. The Morgan fingerprint density at radius 2 is 1.09 bits per heavy atom. The Bertz CT molecular complexity index is 886. The van der Waals surface area contributed by atoms with Gasteiger partial charge in [-0.25, -0.2) is 0 Å². The average Bonchev–Trinajstić information content (AvgIpc) is 3.04. The Labute approximate surface area is 281 Å². The van der Waals surface area contributed by atoms with Gasteiger partial charge in [-0.05, 0) is 96.3 Å². The number of allylic oxidation sites excluding steroid dienone is 10. The fraction of sp³-hybridized carbons (Fsp3) is 0.675. The molecule has 0 radical (unpaired) electrons. The zero-order chi connectivity index (χ0) is 33.8. The van der Waals surface area contributed by atoms with Crippen LogP contribution in [-0.4, -0.2) is 35.6 Å². The lowest BCUT2D eigenvalue weighted by Gasteiger charge is -2.18. The molecule has 1 amide bonds. The Morgan fingerprint density at radius 1 is 0.587 bits per heavy atom. The van der Waals surface area contributed by atoms with Gasteiger partial charge in [0.2, 0.25) is 5.91 Å². The highest BCUT2D eigenvalue weighted by Crippen LogP contribution is 2.17. The third-order valence-corrected chi connectivity index (χ3v) is 7.67. The van der Waals surface area contributed by atoms with Crippen molar-refractivity contribution in [2.45, 2.75) is 168 Å². The molecule has 6 nitrogen and oxygen atoms in total. The van der Waals surface area contributed by atoms with Gasteiger partial charge in [-0.3, -0.25) is 14.4 Å². The molecule has 6 heteroatoms. The van der Waals surface area contributed by atoms with E-state index < -0.39 is 5.97 Å². The summed E-state index contributed by atoms with van der Waals surface area (Å²) in [7, 11) is 0. The van der Waals surface area contributed by atoms with E-state index in [4.69, 9.17) is 9.84 Å². The van der Waals surface area contributed by atoms with Crippen molar-refractivity contribution in [2.24, 2.45) is 0 Å². The van der Waals surface area contributed by atoms with Gasteiger partial charge in [0, 0.05) is 12.8 Å². The number of carboxylic acids is 1. The Hall–Kier alpha value is -2.89. The molecule has 262 valence electrons. The number of hydrogen-bond donors (Lipinski definition) is 2. The van der Waals surface area contributed by atoms with Crippen molar-refractivity contribution in [3.63, 3.8) is 0 Å². The number of amides is 1. The molecule has 0 rings (SSSR count). The normalized spacial score (nSPS) is 12.7. The number of hydrogen-bond acceptors (Lipinski definition) is 4. The van der Waals surface area contributed by atoms with Crippen LogP contribution in [0.4, 0.5) is 0 Å². The number of aliphatic carboxylic acids is 1. The highest BCUT2D eigenvalue weighted by atomic mass is 16.5. The quantitative estimate of drug-likeness (QED) is 0.0433. The summed E-state index contributed by atoms with van der Waals surface area (Å²) in [5, 5.41) is 11.0. The minimum absolute atomic E-state index is 0.0328. The summed E-state index contributed by atoms with van der Waals surface area (Å²) in [5.41, 5.74) is 0. The number of esters is 1. The highest BCUT2D eigenvalue weighted by molar-refractivity contribution is 5.80. The molecule has 0 heterocycles. The lowest BCUT2D eigenvalue weighted by molar-refractivity contribution is -0.150. The number of carboxylic acid groups (broad SMARTS) is 1. The molecule has 1 unspecified atom stereocenters. The predicted molar refractivity (Wildman–Crippen MR) is 194 cm³/mol. The van der Waals surface area contributed by atoms with Gasteiger partial charge in [0.1, 0.15) is 12.6 Å². The van der Waals surface area contributed by atoms with E-state index in [1.807, 2.05) is 0 Å². The number of rotatable bonds is 32. The largest absolute Gasteiger partial charge is 0.480 e. The van der Waals surface area contributed by atoms with Gasteiger partial charge >= 0.3 is 11.9 Å². The maximum absolute atomic E-state index is 12.6. The van der Waals surface area contributed by atoms with Crippen LogP contribution in [0.1, 0.15) is 162 Å². The number of unbranched alkanes of at least 4 members (excludes halogenated alkanes) is 11. The van der Waals surface area contributed by atoms with Gasteiger partial charge in [-0.2, -0.15) is 0 Å². The second-order valence-electron chi connectivity index (χ2n) is 12.1. The third kappa shape index (κ3) is 34.0. The Kier molecular flexibility index (Phi) is 32.8. The molecule has 0 saturated carbocycles. The fourth-order valence-corrected chi connectivity index (χ4v) is 4.97. The monoisotopic (exact) mass is 642 g/mol. The molecule has 46 heavy (non-hydrogen) atoms. The number of ether oxygens (including phenoxy) is 1. The van der Waals surface area contributed by atoms with Crippen LogP contribution in [0.25, 0.3) is 0 Å². The molecule has 2 N–H and O–H groups in total. The fourth-order valence-electron chi connectivity index (χ4n) is 4.97. The Balaban J connectivity index is 4.33. The lowest BCUT2D eigenvalue weighted by Crippen LogP contribution is -2.28. The maximum Gasteiger partial charge on any atom is 0.322 e. The molecule has 0 saturated heterocycles. The summed E-state index contributed by atoms with van der Waals surface area (Å²) in [4.78, 5) is 34.8. The first-order chi connectivity index (χ1) is 22.5. The van der Waals surface area contributed by atoms with Crippen LogP contribution in [0.3, 0.4) is 0 Å². The van der Waals surface area contributed by atoms with Crippen LogP contribution in [-0.2, 0) is 19.1 Å². The van der Waals surface area contributed by atoms with Gasteiger partial charge in [0.05, 0.1) is 0 Å². The molecule has 0 aliphatic rings. The zero-order valence-electron chi connectivity index (χ0n) is 29.4. The van der Waals surface area contributed by atoms with E-state index in [1.54, 1.807) is 0 Å². The van der Waals surface area contributed by atoms with E-state index in [0.29, 0.717) is 12.8 Å². The molecule has 1 atom stereocenters. The smallest absolute Gasteiger partial charge is 0.322 e. The summed E-state index contributed by atoms with van der Waals surface area (Å²) in [5.74, 6) is -1.30. The van der Waals surface area contributed by atoms with E-state index in [9.17, 15) is 14.4 Å². The SMILES string of the molecule is CC/C=C\C/C=C\C/C=C\CCCCCC(=O)OC(CCC/C=C\C/C=C\CCCCC)CCCCCCCC(=O)NCC(=O)O. The van der Waals surface area contributed by atoms with Gasteiger partial charge < -0.3 is 15.2 Å². The average molecular weight is 642 g/mol. The summed E-state index contributed by atoms with van der Waals surface area (Å²) in [6.45, 7) is 4.06. The van der Waals surface area contributed by atoms with Crippen molar-refractivity contribution in [1.82, 2.24) is 5.32 Å². The van der Waals surface area contributed by atoms with Crippen molar-refractivity contribution in [3.05, 3.63) is 60.8 Å². The molecular weight excluding hydrogens is 574 g/mol. The van der Waals surface area contributed by atoms with E-state index in [0.717, 1.165) is 109 Å². The summed E-state index contributed by atoms with van der Waals surface area (Å²) in [6, 6.07) is 0. The lowest BCUT2D eigenvalue weighted by atomic mass is 10.0. The first kappa shape index (κ1) is 43.1. The minimum Gasteiger partial charge on any atom is -0.480 e. The van der Waals surface area contributed by atoms with Crippen LogP contribution in [0.5, 0.6) is 0 Å². The van der Waals surface area contributed by atoms with Crippen LogP contribution in [0, 0.1) is 0 Å². The zero-order valence-corrected chi connectivity index (χ0v) is 29.4. The molecule has 0 aliphatic carbocycles. The van der Waals surface area contributed by atoms with Gasteiger partial charge in [-0.1, -0.05) is 113 Å². The van der Waals surface area contributed by atoms with Crippen LogP contribution in [0.2, 0.25) is 0 Å². The van der Waals surface area contributed by atoms with Crippen molar-refractivity contribution < 1.29 is 24.2 Å². The first-order valence-corrected chi connectivity index (χ1v) is 18.4. The molecule has 0 spiro atoms. The van der Waals surface area contributed by atoms with E-state index in [-0.39, 0.29) is 24.5 Å². The minimum atomic E-state index is -1.02.